The van der Waals surface area contributed by atoms with Crippen LogP contribution in [0.4, 0.5) is 5.69 Å². The lowest BCUT2D eigenvalue weighted by atomic mass is 9.94. The zero-order chi connectivity index (χ0) is 24.2. The number of ketones is 1. The second-order valence-corrected chi connectivity index (χ2v) is 8.29. The first-order chi connectivity index (χ1) is 16.4. The summed E-state index contributed by atoms with van der Waals surface area (Å²) in [7, 11) is 4.54. The van der Waals surface area contributed by atoms with Crippen LogP contribution >= 0.6 is 0 Å². The van der Waals surface area contributed by atoms with Gasteiger partial charge in [0.05, 0.1) is 27.9 Å². The molecule has 9 heteroatoms. The van der Waals surface area contributed by atoms with Crippen LogP contribution in [0.25, 0.3) is 0 Å². The molecule has 2 amide bonds. The highest BCUT2D eigenvalue weighted by molar-refractivity contribution is 6.03. The third-order valence-electron chi connectivity index (χ3n) is 6.29. The van der Waals surface area contributed by atoms with Gasteiger partial charge in [0, 0.05) is 49.4 Å². The van der Waals surface area contributed by atoms with Crippen LogP contribution in [-0.4, -0.2) is 81.5 Å². The number of methoxy groups -OCH3 is 3. The van der Waals surface area contributed by atoms with Crippen LogP contribution in [0.1, 0.15) is 32.7 Å². The molecule has 9 nitrogen and oxygen atoms in total. The van der Waals surface area contributed by atoms with Crippen LogP contribution < -0.4 is 19.5 Å². The minimum atomic E-state index is -0.127. The first-order valence-electron chi connectivity index (χ1n) is 11.2. The lowest BCUT2D eigenvalue weighted by molar-refractivity contribution is -0.116. The van der Waals surface area contributed by atoms with Gasteiger partial charge in [-0.2, -0.15) is 0 Å². The van der Waals surface area contributed by atoms with Crippen LogP contribution in [0.5, 0.6) is 17.2 Å². The molecular weight excluding hydrogens is 438 g/mol. The van der Waals surface area contributed by atoms with Gasteiger partial charge in [-0.1, -0.05) is 12.1 Å². The highest BCUT2D eigenvalue weighted by atomic mass is 16.5. The Morgan fingerprint density at radius 1 is 0.941 bits per heavy atom. The van der Waals surface area contributed by atoms with Crippen molar-refractivity contribution in [1.29, 1.82) is 0 Å². The molecule has 0 radical (unpaired) electrons. The smallest absolute Gasteiger partial charge is 0.254 e. The molecule has 1 saturated heterocycles. The second-order valence-electron chi connectivity index (χ2n) is 8.29. The van der Waals surface area contributed by atoms with Crippen LogP contribution in [0.2, 0.25) is 0 Å². The standard InChI is InChI=1S/C25H29N3O6/c1-32-21-13-16(14-22(33-2)24(21)34-3)25(31)28-11-9-27(10-12-28)15-20(29)18-5-4-6-19-17(18)7-8-23(30)26-19/h4-6,13-14H,7-12,15H2,1-3H3,(H,26,30). The van der Waals surface area contributed by atoms with Crippen LogP contribution in [-0.2, 0) is 11.2 Å². The molecule has 2 aliphatic rings. The predicted octanol–water partition coefficient (Wildman–Crippen LogP) is 2.24. The summed E-state index contributed by atoms with van der Waals surface area (Å²) in [5, 5.41) is 2.84. The van der Waals surface area contributed by atoms with Gasteiger partial charge in [0.1, 0.15) is 0 Å². The maximum atomic E-state index is 13.1. The minimum absolute atomic E-state index is 0.0232. The summed E-state index contributed by atoms with van der Waals surface area (Å²) in [6.45, 7) is 2.47. The number of anilines is 1. The fourth-order valence-electron chi connectivity index (χ4n) is 4.47. The molecular formula is C25H29N3O6. The first-order valence-corrected chi connectivity index (χ1v) is 11.2. The SMILES string of the molecule is COc1cc(C(=O)N2CCN(CC(=O)c3cccc4c3CCC(=O)N4)CC2)cc(OC)c1OC. The quantitative estimate of drug-likeness (QED) is 0.624. The van der Waals surface area contributed by atoms with Gasteiger partial charge in [-0.25, -0.2) is 0 Å². The van der Waals surface area contributed by atoms with Crippen LogP contribution in [0, 0.1) is 0 Å². The van der Waals surface area contributed by atoms with Gasteiger partial charge in [0.25, 0.3) is 5.91 Å². The minimum Gasteiger partial charge on any atom is -0.493 e. The molecule has 0 spiro atoms. The number of nitrogens with one attached hydrogen (secondary N) is 1. The molecule has 1 fully saturated rings. The molecule has 2 aromatic rings. The Labute approximate surface area is 198 Å². The van der Waals surface area contributed by atoms with Crippen molar-refractivity contribution >= 4 is 23.3 Å². The van der Waals surface area contributed by atoms with E-state index < -0.39 is 0 Å². The van der Waals surface area contributed by atoms with Crippen molar-refractivity contribution in [3.8, 4) is 17.2 Å². The molecule has 0 aliphatic carbocycles. The summed E-state index contributed by atoms with van der Waals surface area (Å²) < 4.78 is 16.1. The Morgan fingerprint density at radius 2 is 1.62 bits per heavy atom. The van der Waals surface area contributed by atoms with Gasteiger partial charge in [0.15, 0.2) is 17.3 Å². The van der Waals surface area contributed by atoms with E-state index in [0.29, 0.717) is 67.4 Å². The van der Waals surface area contributed by atoms with E-state index in [4.69, 9.17) is 14.2 Å². The topological polar surface area (TPSA) is 97.4 Å². The number of carbonyl (C=O) groups excluding carboxylic acids is 3. The molecule has 180 valence electrons. The third-order valence-corrected chi connectivity index (χ3v) is 6.29. The Kier molecular flexibility index (Phi) is 7.02. The highest BCUT2D eigenvalue weighted by Gasteiger charge is 2.27. The van der Waals surface area contributed by atoms with E-state index in [9.17, 15) is 14.4 Å². The highest BCUT2D eigenvalue weighted by Crippen LogP contribution is 2.38. The fourth-order valence-corrected chi connectivity index (χ4v) is 4.47. The molecule has 34 heavy (non-hydrogen) atoms. The lowest BCUT2D eigenvalue weighted by Gasteiger charge is -2.34. The van der Waals surface area contributed by atoms with E-state index >= 15 is 0 Å². The number of benzene rings is 2. The number of ether oxygens (including phenoxy) is 3. The van der Waals surface area contributed by atoms with Crippen molar-refractivity contribution in [3.05, 3.63) is 47.0 Å². The van der Waals surface area contributed by atoms with Crippen molar-refractivity contribution in [2.75, 3.05) is 59.4 Å². The summed E-state index contributed by atoms with van der Waals surface area (Å²) >= 11 is 0. The number of piperazine rings is 1. The van der Waals surface area contributed by atoms with Crippen molar-refractivity contribution in [2.24, 2.45) is 0 Å². The number of fused-ring (bicyclic) bond motifs is 1. The maximum absolute atomic E-state index is 13.1. The lowest BCUT2D eigenvalue weighted by Crippen LogP contribution is -2.50. The first kappa shape index (κ1) is 23.6. The molecule has 1 N–H and O–H groups in total. The largest absolute Gasteiger partial charge is 0.493 e. The molecule has 2 aromatic carbocycles. The van der Waals surface area contributed by atoms with Gasteiger partial charge in [0.2, 0.25) is 11.7 Å². The van der Waals surface area contributed by atoms with E-state index in [1.54, 1.807) is 23.1 Å². The Morgan fingerprint density at radius 3 is 2.24 bits per heavy atom. The molecule has 0 saturated carbocycles. The average Bonchev–Trinajstić information content (AvgIpc) is 2.87. The van der Waals surface area contributed by atoms with E-state index in [1.165, 1.54) is 21.3 Å². The van der Waals surface area contributed by atoms with Gasteiger partial charge in [-0.3, -0.25) is 19.3 Å². The summed E-state index contributed by atoms with van der Waals surface area (Å²) in [4.78, 5) is 41.6. The number of Topliss-reactive ketones (excluding diaryl/α,β-unsaturated/α-hetero) is 1. The van der Waals surface area contributed by atoms with Gasteiger partial charge in [-0.15, -0.1) is 0 Å². The summed E-state index contributed by atoms with van der Waals surface area (Å²) in [5.41, 5.74) is 2.75. The Hall–Kier alpha value is -3.59. The molecule has 2 heterocycles. The maximum Gasteiger partial charge on any atom is 0.254 e. The fraction of sp³-hybridized carbons (Fsp3) is 0.400. The van der Waals surface area contributed by atoms with Crippen molar-refractivity contribution in [2.45, 2.75) is 12.8 Å². The number of nitrogens with zero attached hydrogens (tertiary/aromatic N) is 2. The molecule has 0 atom stereocenters. The second kappa shape index (κ2) is 10.1. The number of amides is 2. The van der Waals surface area contributed by atoms with Crippen LogP contribution in [0.3, 0.4) is 0 Å². The Bertz CT molecular complexity index is 1080. The zero-order valence-corrected chi connectivity index (χ0v) is 19.7. The number of hydrogen-bond donors (Lipinski definition) is 1. The number of carbonyl (C=O) groups is 3. The zero-order valence-electron chi connectivity index (χ0n) is 19.7. The van der Waals surface area contributed by atoms with Gasteiger partial charge < -0.3 is 24.4 Å². The molecule has 4 rings (SSSR count). The van der Waals surface area contributed by atoms with E-state index in [1.807, 2.05) is 12.1 Å². The van der Waals surface area contributed by atoms with Crippen LogP contribution in [0.15, 0.2) is 30.3 Å². The van der Waals surface area contributed by atoms with Gasteiger partial charge >= 0.3 is 0 Å². The predicted molar refractivity (Wildman–Crippen MR) is 126 cm³/mol. The normalized spacial score (nSPS) is 15.9. The number of hydrogen-bond acceptors (Lipinski definition) is 7. The van der Waals surface area contributed by atoms with Crippen molar-refractivity contribution < 1.29 is 28.6 Å². The van der Waals surface area contributed by atoms with Crippen molar-refractivity contribution in [1.82, 2.24) is 9.80 Å². The molecule has 0 aromatic heterocycles. The Balaban J connectivity index is 1.40. The van der Waals surface area contributed by atoms with Crippen molar-refractivity contribution in [3.63, 3.8) is 0 Å². The third kappa shape index (κ3) is 4.70. The monoisotopic (exact) mass is 467 g/mol. The summed E-state index contributed by atoms with van der Waals surface area (Å²) in [6, 6.07) is 8.75. The summed E-state index contributed by atoms with van der Waals surface area (Å²) in [5.74, 6) is 1.17. The summed E-state index contributed by atoms with van der Waals surface area (Å²) in [6.07, 6.45) is 0.957. The number of rotatable bonds is 7. The molecule has 0 unspecified atom stereocenters. The van der Waals surface area contributed by atoms with E-state index in [-0.39, 0.29) is 24.1 Å². The average molecular weight is 468 g/mol. The molecule has 2 aliphatic heterocycles. The molecule has 0 bridgehead atoms. The van der Waals surface area contributed by atoms with E-state index in [2.05, 4.69) is 10.2 Å². The van der Waals surface area contributed by atoms with Gasteiger partial charge in [-0.05, 0) is 30.2 Å². The van der Waals surface area contributed by atoms with E-state index in [0.717, 1.165) is 11.3 Å².